The minimum atomic E-state index is -5.19. The first-order chi connectivity index (χ1) is 35.7. The molecule has 0 saturated carbocycles. The van der Waals surface area contributed by atoms with Gasteiger partial charge in [-0.25, -0.2) is 0 Å². The summed E-state index contributed by atoms with van der Waals surface area (Å²) in [6, 6.07) is 57.2. The van der Waals surface area contributed by atoms with Crippen LogP contribution in [0.15, 0.2) is 176 Å². The van der Waals surface area contributed by atoms with Gasteiger partial charge in [0.05, 0.1) is 103 Å². The molecule has 0 aliphatic rings. The lowest BCUT2D eigenvalue weighted by atomic mass is 9.90. The highest BCUT2D eigenvalue weighted by Gasteiger charge is 2.41. The summed E-state index contributed by atoms with van der Waals surface area (Å²) in [6.07, 6.45) is -10.4. The maximum absolute atomic E-state index is 15.0. The van der Waals surface area contributed by atoms with E-state index in [-0.39, 0.29) is 27.8 Å². The molecule has 2 heterocycles. The van der Waals surface area contributed by atoms with Crippen molar-refractivity contribution in [1.82, 2.24) is 9.13 Å². The summed E-state index contributed by atoms with van der Waals surface area (Å²) < 4.78 is 93.8. The summed E-state index contributed by atoms with van der Waals surface area (Å²) in [7, 11) is 0. The van der Waals surface area contributed by atoms with Gasteiger partial charge >= 0.3 is 12.4 Å². The molecule has 0 aliphatic heterocycles. The Balaban J connectivity index is 1.24. The number of halogens is 6. The second kappa shape index (κ2) is 17.5. The molecule has 74 heavy (non-hydrogen) atoms. The fourth-order valence-corrected chi connectivity index (χ4v) is 10.2. The number of nitrogens with zero attached hydrogens (tertiary/aromatic N) is 7. The largest absolute Gasteiger partial charge is 0.417 e. The topological polar surface area (TPSA) is 129 Å². The number of hydrogen-bond acceptors (Lipinski definition) is 5. The summed E-state index contributed by atoms with van der Waals surface area (Å²) >= 11 is 0. The molecule has 11 aromatic rings. The molecule has 0 fully saturated rings. The summed E-state index contributed by atoms with van der Waals surface area (Å²) in [5.41, 5.74) is 3.23. The van der Waals surface area contributed by atoms with Crippen LogP contribution in [0.3, 0.4) is 0 Å². The van der Waals surface area contributed by atoms with Gasteiger partial charge in [-0.15, -0.1) is 0 Å². The maximum atomic E-state index is 15.0. The quantitative estimate of drug-likeness (QED) is 0.153. The number of hydrogen-bond donors (Lipinski definition) is 0. The number of fused-ring (bicyclic) bond motifs is 6. The van der Waals surface area contributed by atoms with Crippen LogP contribution in [0.5, 0.6) is 0 Å². The standard InChI is InChI=1S/C61H29F6N7/c62-60(63,64)51-8-5-9-52(61(65,66)67)59(51)40-17-23-58(74-54-11-4-2-7-46(54)49-28-39(16-22-57(49)74)44-19-13-36(31-69)25-42(44)34-72)50(29-40)47-26-37(32-70)14-20-55(47)73-53-10-3-1-6-45(53)48-27-38(15-21-56(48)73)43-18-12-35(30-68)24-41(43)33-71/h1-29H. The number of aromatic nitrogens is 2. The van der Waals surface area contributed by atoms with Crippen LogP contribution in [0, 0.1) is 56.7 Å². The van der Waals surface area contributed by atoms with Gasteiger partial charge in [0.1, 0.15) is 0 Å². The first-order valence-electron chi connectivity index (χ1n) is 22.7. The summed E-state index contributed by atoms with van der Waals surface area (Å²) in [5.74, 6) is 0. The zero-order valence-electron chi connectivity index (χ0n) is 38.1. The number of benzene rings is 9. The second-order valence-electron chi connectivity index (χ2n) is 17.4. The molecule has 11 rings (SSSR count). The van der Waals surface area contributed by atoms with E-state index >= 15 is 26.3 Å². The van der Waals surface area contributed by atoms with Crippen LogP contribution in [0.25, 0.3) is 99.5 Å². The van der Waals surface area contributed by atoms with Gasteiger partial charge < -0.3 is 9.13 Å². The van der Waals surface area contributed by atoms with Gasteiger partial charge in [0.2, 0.25) is 0 Å². The number of nitriles is 5. The Hall–Kier alpha value is -10.4. The molecular formula is C61H29F6N7. The van der Waals surface area contributed by atoms with Crippen molar-refractivity contribution in [2.75, 3.05) is 0 Å². The van der Waals surface area contributed by atoms with Crippen molar-refractivity contribution in [3.63, 3.8) is 0 Å². The molecule has 13 heteroatoms. The van der Waals surface area contributed by atoms with Crippen molar-refractivity contribution in [2.24, 2.45) is 0 Å². The molecule has 0 amide bonds. The number of rotatable bonds is 6. The minimum Gasteiger partial charge on any atom is -0.309 e. The van der Waals surface area contributed by atoms with Gasteiger partial charge in [0.15, 0.2) is 0 Å². The Kier molecular flexibility index (Phi) is 10.9. The van der Waals surface area contributed by atoms with Gasteiger partial charge in [-0.1, -0.05) is 72.8 Å². The SMILES string of the molecule is N#Cc1ccc(-c2ccc3c(c2)c2ccccc2n3-c2ccc(C#N)cc2-c2cc(-c3c(C(F)(F)F)cccc3C(F)(F)F)ccc2-n2c3ccccc3c3cc(-c4ccc(C#N)cc4C#N)ccc32)c(C#N)c1. The van der Waals surface area contributed by atoms with E-state index in [1.165, 1.54) is 30.3 Å². The zero-order chi connectivity index (χ0) is 51.6. The van der Waals surface area contributed by atoms with Crippen LogP contribution in [-0.4, -0.2) is 9.13 Å². The molecule has 0 unspecified atom stereocenters. The van der Waals surface area contributed by atoms with E-state index in [1.54, 1.807) is 48.5 Å². The van der Waals surface area contributed by atoms with E-state index in [0.29, 0.717) is 89.9 Å². The normalized spacial score (nSPS) is 11.6. The summed E-state index contributed by atoms with van der Waals surface area (Å²) in [5, 5.41) is 52.8. The van der Waals surface area contributed by atoms with Gasteiger partial charge in [-0.2, -0.15) is 52.7 Å². The van der Waals surface area contributed by atoms with E-state index in [2.05, 4.69) is 30.3 Å². The molecular weight excluding hydrogens is 945 g/mol. The minimum absolute atomic E-state index is 0.155. The van der Waals surface area contributed by atoms with E-state index in [0.717, 1.165) is 22.2 Å². The van der Waals surface area contributed by atoms with Crippen molar-refractivity contribution in [3.8, 4) is 86.2 Å². The molecule has 0 atom stereocenters. The van der Waals surface area contributed by atoms with Gasteiger partial charge in [-0.05, 0) is 131 Å². The van der Waals surface area contributed by atoms with Gasteiger partial charge in [0, 0.05) is 38.2 Å². The Morgan fingerprint density at radius 1 is 0.324 bits per heavy atom. The van der Waals surface area contributed by atoms with Gasteiger partial charge in [-0.3, -0.25) is 0 Å². The highest BCUT2D eigenvalue weighted by Crippen LogP contribution is 2.48. The number of alkyl halides is 6. The van der Waals surface area contributed by atoms with Crippen LogP contribution >= 0.6 is 0 Å². The first kappa shape index (κ1) is 46.0. The molecule has 0 radical (unpaired) electrons. The molecule has 9 aromatic carbocycles. The first-order valence-corrected chi connectivity index (χ1v) is 22.7. The van der Waals surface area contributed by atoms with Crippen LogP contribution in [0.4, 0.5) is 26.3 Å². The third kappa shape index (κ3) is 7.51. The molecule has 0 spiro atoms. The summed E-state index contributed by atoms with van der Waals surface area (Å²) in [4.78, 5) is 0. The van der Waals surface area contributed by atoms with Crippen molar-refractivity contribution >= 4 is 43.6 Å². The van der Waals surface area contributed by atoms with E-state index in [4.69, 9.17) is 0 Å². The molecule has 0 bridgehead atoms. The van der Waals surface area contributed by atoms with Crippen molar-refractivity contribution < 1.29 is 26.3 Å². The molecule has 350 valence electrons. The third-order valence-corrected chi connectivity index (χ3v) is 13.4. The van der Waals surface area contributed by atoms with Crippen LogP contribution in [0.1, 0.15) is 38.9 Å². The highest BCUT2D eigenvalue weighted by atomic mass is 19.4. The van der Waals surface area contributed by atoms with E-state index < -0.39 is 29.0 Å². The molecule has 0 saturated heterocycles. The van der Waals surface area contributed by atoms with Crippen LogP contribution < -0.4 is 0 Å². The lowest BCUT2D eigenvalue weighted by Crippen LogP contribution is -2.14. The maximum Gasteiger partial charge on any atom is 0.417 e. The smallest absolute Gasteiger partial charge is 0.309 e. The Morgan fingerprint density at radius 3 is 1.19 bits per heavy atom. The third-order valence-electron chi connectivity index (χ3n) is 13.4. The fourth-order valence-electron chi connectivity index (χ4n) is 10.2. The van der Waals surface area contributed by atoms with E-state index in [9.17, 15) is 26.3 Å². The Morgan fingerprint density at radius 2 is 0.730 bits per heavy atom. The second-order valence-corrected chi connectivity index (χ2v) is 17.4. The van der Waals surface area contributed by atoms with Gasteiger partial charge in [0.25, 0.3) is 0 Å². The predicted octanol–water partition coefficient (Wildman–Crippen LogP) is 15.9. The fraction of sp³-hybridized carbons (Fsp3) is 0.0328. The van der Waals surface area contributed by atoms with Crippen molar-refractivity contribution in [1.29, 1.82) is 26.3 Å². The Bertz CT molecular complexity index is 4390. The number of para-hydroxylation sites is 2. The average molecular weight is 974 g/mol. The zero-order valence-corrected chi connectivity index (χ0v) is 38.1. The lowest BCUT2D eigenvalue weighted by molar-refractivity contribution is -0.142. The van der Waals surface area contributed by atoms with Crippen molar-refractivity contribution in [3.05, 3.63) is 215 Å². The monoisotopic (exact) mass is 973 g/mol. The molecule has 2 aromatic heterocycles. The van der Waals surface area contributed by atoms with Crippen LogP contribution in [-0.2, 0) is 12.4 Å². The molecule has 0 aliphatic carbocycles. The highest BCUT2D eigenvalue weighted by molar-refractivity contribution is 6.13. The Labute approximate surface area is 417 Å². The summed E-state index contributed by atoms with van der Waals surface area (Å²) in [6.45, 7) is 0. The average Bonchev–Trinajstić information content (AvgIpc) is 3.96. The molecule has 7 nitrogen and oxygen atoms in total. The predicted molar refractivity (Wildman–Crippen MR) is 270 cm³/mol. The molecule has 0 N–H and O–H groups in total. The van der Waals surface area contributed by atoms with E-state index in [1.807, 2.05) is 88.0 Å². The van der Waals surface area contributed by atoms with Crippen molar-refractivity contribution in [2.45, 2.75) is 12.4 Å². The lowest BCUT2D eigenvalue weighted by Gasteiger charge is -2.22. The van der Waals surface area contributed by atoms with Crippen LogP contribution in [0.2, 0.25) is 0 Å².